The van der Waals surface area contributed by atoms with Crippen molar-refractivity contribution in [2.24, 2.45) is 0 Å². The van der Waals surface area contributed by atoms with Crippen LogP contribution in [0, 0.1) is 11.3 Å². The Kier molecular flexibility index (Phi) is 3.05. The highest BCUT2D eigenvalue weighted by Crippen LogP contribution is 2.16. The van der Waals surface area contributed by atoms with E-state index in [1.54, 1.807) is 29.2 Å². The summed E-state index contributed by atoms with van der Waals surface area (Å²) in [6.45, 7) is 0.334. The summed E-state index contributed by atoms with van der Waals surface area (Å²) in [6, 6.07) is 13.4. The summed E-state index contributed by atoms with van der Waals surface area (Å²) in [5.41, 5.74) is 1.29. The first-order valence-electron chi connectivity index (χ1n) is 6.27. The molecule has 3 rings (SSSR count). The van der Waals surface area contributed by atoms with Gasteiger partial charge >= 0.3 is 0 Å². The topological polar surface area (TPSA) is 63.1 Å². The van der Waals surface area contributed by atoms with Crippen LogP contribution in [-0.2, 0) is 6.54 Å². The van der Waals surface area contributed by atoms with Gasteiger partial charge in [0.2, 0.25) is 0 Å². The van der Waals surface area contributed by atoms with Gasteiger partial charge in [-0.2, -0.15) is 10.4 Å². The Morgan fingerprint density at radius 1 is 1.20 bits per heavy atom. The lowest BCUT2D eigenvalue weighted by Crippen LogP contribution is -2.24. The third-order valence-corrected chi connectivity index (χ3v) is 3.28. The quantitative estimate of drug-likeness (QED) is 0.724. The van der Waals surface area contributed by atoms with Crippen molar-refractivity contribution in [3.8, 4) is 6.07 Å². The van der Waals surface area contributed by atoms with Crippen molar-refractivity contribution in [3.05, 3.63) is 70.9 Å². The van der Waals surface area contributed by atoms with Gasteiger partial charge in [0.15, 0.2) is 0 Å². The number of nitriles is 1. The molecule has 0 saturated carbocycles. The molecule has 0 N–H and O–H groups in total. The van der Waals surface area contributed by atoms with Gasteiger partial charge in [0, 0.05) is 18.9 Å². The molecule has 0 fully saturated rings. The second kappa shape index (κ2) is 5.02. The Labute approximate surface area is 115 Å². The summed E-state index contributed by atoms with van der Waals surface area (Å²) in [4.78, 5) is 12.3. The van der Waals surface area contributed by atoms with Crippen molar-refractivity contribution in [1.29, 1.82) is 5.26 Å². The smallest absolute Gasteiger partial charge is 0.276 e. The first-order valence-corrected chi connectivity index (χ1v) is 6.27. The van der Waals surface area contributed by atoms with Crippen LogP contribution in [0.2, 0.25) is 0 Å². The van der Waals surface area contributed by atoms with E-state index in [1.807, 2.05) is 30.3 Å². The van der Waals surface area contributed by atoms with E-state index in [-0.39, 0.29) is 11.5 Å². The predicted octanol–water partition coefficient (Wildman–Crippen LogP) is 1.80. The highest BCUT2D eigenvalue weighted by molar-refractivity contribution is 5.42. The SMILES string of the molecule is N#CC(Cn1ccn2nccc2c1=O)c1ccccc1. The number of nitrogens with zero attached hydrogens (tertiary/aromatic N) is 4. The molecule has 2 aromatic heterocycles. The second-order valence-corrected chi connectivity index (χ2v) is 4.51. The maximum Gasteiger partial charge on any atom is 0.276 e. The van der Waals surface area contributed by atoms with Gasteiger partial charge in [-0.15, -0.1) is 0 Å². The van der Waals surface area contributed by atoms with E-state index < -0.39 is 0 Å². The van der Waals surface area contributed by atoms with Crippen LogP contribution in [0.25, 0.3) is 5.52 Å². The van der Waals surface area contributed by atoms with Crippen LogP contribution in [-0.4, -0.2) is 14.2 Å². The molecular formula is C15H12N4O. The summed E-state index contributed by atoms with van der Waals surface area (Å²) in [7, 11) is 0. The van der Waals surface area contributed by atoms with Crippen LogP contribution < -0.4 is 5.56 Å². The van der Waals surface area contributed by atoms with Gasteiger partial charge in [0.1, 0.15) is 5.52 Å². The average Bonchev–Trinajstić information content (AvgIpc) is 2.97. The Bertz CT molecular complexity index is 826. The number of hydrogen-bond donors (Lipinski definition) is 0. The Hall–Kier alpha value is -2.87. The van der Waals surface area contributed by atoms with Crippen LogP contribution in [0.5, 0.6) is 0 Å². The van der Waals surface area contributed by atoms with Gasteiger partial charge in [0.25, 0.3) is 5.56 Å². The van der Waals surface area contributed by atoms with Gasteiger partial charge < -0.3 is 4.57 Å². The summed E-state index contributed by atoms with van der Waals surface area (Å²) < 4.78 is 3.08. The number of aromatic nitrogens is 3. The largest absolute Gasteiger partial charge is 0.310 e. The zero-order chi connectivity index (χ0) is 13.9. The lowest BCUT2D eigenvalue weighted by atomic mass is 10.0. The highest BCUT2D eigenvalue weighted by Gasteiger charge is 2.13. The highest BCUT2D eigenvalue weighted by atomic mass is 16.1. The van der Waals surface area contributed by atoms with Crippen molar-refractivity contribution >= 4 is 5.52 Å². The maximum absolute atomic E-state index is 12.3. The van der Waals surface area contributed by atoms with Crippen LogP contribution >= 0.6 is 0 Å². The molecule has 0 radical (unpaired) electrons. The van der Waals surface area contributed by atoms with E-state index >= 15 is 0 Å². The zero-order valence-corrected chi connectivity index (χ0v) is 10.7. The zero-order valence-electron chi connectivity index (χ0n) is 10.7. The second-order valence-electron chi connectivity index (χ2n) is 4.51. The van der Waals surface area contributed by atoms with Crippen molar-refractivity contribution < 1.29 is 0 Å². The molecule has 1 atom stereocenters. The van der Waals surface area contributed by atoms with Gasteiger partial charge in [0.05, 0.1) is 18.2 Å². The van der Waals surface area contributed by atoms with Gasteiger partial charge in [-0.1, -0.05) is 30.3 Å². The van der Waals surface area contributed by atoms with Crippen molar-refractivity contribution in [2.75, 3.05) is 0 Å². The lowest BCUT2D eigenvalue weighted by Gasteiger charge is -2.11. The van der Waals surface area contributed by atoms with Gasteiger partial charge in [-0.05, 0) is 11.6 Å². The molecule has 3 aromatic rings. The fourth-order valence-corrected chi connectivity index (χ4v) is 2.21. The first-order chi connectivity index (χ1) is 9.79. The van der Waals surface area contributed by atoms with Crippen LogP contribution in [0.15, 0.2) is 59.8 Å². The van der Waals surface area contributed by atoms with E-state index in [4.69, 9.17) is 0 Å². The van der Waals surface area contributed by atoms with Gasteiger partial charge in [-0.25, -0.2) is 4.52 Å². The predicted molar refractivity (Wildman–Crippen MR) is 74.2 cm³/mol. The molecule has 0 bridgehead atoms. The molecule has 0 aliphatic rings. The molecule has 0 saturated heterocycles. The van der Waals surface area contributed by atoms with Crippen molar-refractivity contribution in [3.63, 3.8) is 0 Å². The van der Waals surface area contributed by atoms with E-state index in [9.17, 15) is 10.1 Å². The molecule has 5 nitrogen and oxygen atoms in total. The van der Waals surface area contributed by atoms with Crippen LogP contribution in [0.4, 0.5) is 0 Å². The summed E-state index contributed by atoms with van der Waals surface area (Å²) in [5.74, 6) is -0.348. The standard InChI is InChI=1S/C15H12N4O/c16-10-13(12-4-2-1-3-5-12)11-18-8-9-19-14(15(18)20)6-7-17-19/h1-9,13H,11H2. The monoisotopic (exact) mass is 264 g/mol. The summed E-state index contributed by atoms with van der Waals surface area (Å²) in [6.07, 6.45) is 4.96. The third-order valence-electron chi connectivity index (χ3n) is 3.28. The van der Waals surface area contributed by atoms with E-state index in [2.05, 4.69) is 11.2 Å². The average molecular weight is 264 g/mol. The minimum atomic E-state index is -0.348. The van der Waals surface area contributed by atoms with Crippen molar-refractivity contribution in [1.82, 2.24) is 14.2 Å². The fourth-order valence-electron chi connectivity index (χ4n) is 2.21. The minimum absolute atomic E-state index is 0.138. The lowest BCUT2D eigenvalue weighted by molar-refractivity contribution is 0.620. The summed E-state index contributed by atoms with van der Waals surface area (Å²) >= 11 is 0. The number of fused-ring (bicyclic) bond motifs is 1. The molecule has 0 spiro atoms. The molecule has 20 heavy (non-hydrogen) atoms. The maximum atomic E-state index is 12.3. The third kappa shape index (κ3) is 2.08. The molecular weight excluding hydrogens is 252 g/mol. The molecule has 5 heteroatoms. The molecule has 0 aliphatic carbocycles. The number of hydrogen-bond acceptors (Lipinski definition) is 3. The van der Waals surface area contributed by atoms with Crippen LogP contribution in [0.1, 0.15) is 11.5 Å². The fraction of sp³-hybridized carbons (Fsp3) is 0.133. The normalized spacial score (nSPS) is 12.2. The van der Waals surface area contributed by atoms with E-state index in [1.165, 1.54) is 4.52 Å². The number of benzene rings is 1. The molecule has 1 aromatic carbocycles. The molecule has 98 valence electrons. The van der Waals surface area contributed by atoms with Crippen molar-refractivity contribution in [2.45, 2.75) is 12.5 Å². The van der Waals surface area contributed by atoms with Crippen LogP contribution in [0.3, 0.4) is 0 Å². The summed E-state index contributed by atoms with van der Waals surface area (Å²) in [5, 5.41) is 13.3. The molecule has 1 unspecified atom stereocenters. The molecule has 0 amide bonds. The Morgan fingerprint density at radius 3 is 2.75 bits per heavy atom. The Balaban J connectivity index is 1.98. The molecule has 2 heterocycles. The first kappa shape index (κ1) is 12.2. The van der Waals surface area contributed by atoms with E-state index in [0.717, 1.165) is 5.56 Å². The Morgan fingerprint density at radius 2 is 2.00 bits per heavy atom. The number of rotatable bonds is 3. The van der Waals surface area contributed by atoms with Gasteiger partial charge in [-0.3, -0.25) is 4.79 Å². The minimum Gasteiger partial charge on any atom is -0.310 e. The molecule has 0 aliphatic heterocycles. The van der Waals surface area contributed by atoms with E-state index in [0.29, 0.717) is 12.1 Å².